The Labute approximate surface area is 169 Å². The van der Waals surface area contributed by atoms with Crippen molar-refractivity contribution in [1.29, 1.82) is 5.26 Å². The molecule has 1 fully saturated rings. The number of para-hydroxylation sites is 1. The summed E-state index contributed by atoms with van der Waals surface area (Å²) < 4.78 is 5.48. The Morgan fingerprint density at radius 1 is 1.18 bits per heavy atom. The van der Waals surface area contributed by atoms with Crippen molar-refractivity contribution in [3.05, 3.63) is 70.3 Å². The van der Waals surface area contributed by atoms with Crippen molar-refractivity contribution in [3.63, 3.8) is 0 Å². The maximum Gasteiger partial charge on any atom is 0.229 e. The van der Waals surface area contributed by atoms with Crippen LogP contribution in [0.4, 0.5) is 5.69 Å². The van der Waals surface area contributed by atoms with Gasteiger partial charge in [0.15, 0.2) is 0 Å². The molecule has 6 heteroatoms. The number of hydrogen-bond acceptors (Lipinski definition) is 5. The highest BCUT2D eigenvalue weighted by molar-refractivity contribution is 8.03. The maximum atomic E-state index is 13.0. The Balaban J connectivity index is 1.68. The molecule has 0 aliphatic carbocycles. The van der Waals surface area contributed by atoms with Gasteiger partial charge in [0.25, 0.3) is 0 Å². The average Bonchev–Trinajstić information content (AvgIpc) is 2.74. The van der Waals surface area contributed by atoms with E-state index in [9.17, 15) is 10.1 Å². The van der Waals surface area contributed by atoms with Crippen LogP contribution >= 0.6 is 11.8 Å². The van der Waals surface area contributed by atoms with Gasteiger partial charge in [-0.25, -0.2) is 0 Å². The van der Waals surface area contributed by atoms with Crippen LogP contribution in [-0.2, 0) is 4.79 Å². The number of thioether (sulfide) groups is 1. The smallest absolute Gasteiger partial charge is 0.229 e. The number of amides is 1. The van der Waals surface area contributed by atoms with Gasteiger partial charge in [-0.3, -0.25) is 9.69 Å². The van der Waals surface area contributed by atoms with Crippen molar-refractivity contribution < 1.29 is 9.53 Å². The number of aryl methyl sites for hydroxylation is 1. The van der Waals surface area contributed by atoms with Gasteiger partial charge in [-0.05, 0) is 25.1 Å². The van der Waals surface area contributed by atoms with Crippen molar-refractivity contribution in [1.82, 2.24) is 4.90 Å². The van der Waals surface area contributed by atoms with E-state index in [1.807, 2.05) is 24.3 Å². The molecule has 4 rings (SSSR count). The van der Waals surface area contributed by atoms with Gasteiger partial charge in [0.05, 0.1) is 36.3 Å². The van der Waals surface area contributed by atoms with E-state index in [1.165, 1.54) is 5.56 Å². The molecule has 0 aromatic heterocycles. The Morgan fingerprint density at radius 3 is 2.64 bits per heavy atom. The topological polar surface area (TPSA) is 56.6 Å². The Morgan fingerprint density at radius 2 is 1.93 bits per heavy atom. The second-order valence-electron chi connectivity index (χ2n) is 6.94. The molecule has 2 aromatic carbocycles. The molecule has 2 aliphatic rings. The Hall–Kier alpha value is -2.91. The van der Waals surface area contributed by atoms with Crippen LogP contribution in [-0.4, -0.2) is 30.5 Å². The van der Waals surface area contributed by atoms with Crippen LogP contribution in [0.1, 0.15) is 23.5 Å². The fraction of sp³-hybridized carbons (Fsp3) is 0.273. The molecule has 2 aliphatic heterocycles. The fourth-order valence-electron chi connectivity index (χ4n) is 3.70. The molecule has 2 heterocycles. The van der Waals surface area contributed by atoms with E-state index in [4.69, 9.17) is 4.74 Å². The summed E-state index contributed by atoms with van der Waals surface area (Å²) in [6.45, 7) is 2.52. The molecule has 0 spiro atoms. The van der Waals surface area contributed by atoms with E-state index in [0.717, 1.165) is 16.3 Å². The predicted molar refractivity (Wildman–Crippen MR) is 111 cm³/mol. The zero-order valence-corrected chi connectivity index (χ0v) is 16.7. The highest BCUT2D eigenvalue weighted by Crippen LogP contribution is 2.45. The summed E-state index contributed by atoms with van der Waals surface area (Å²) in [5, 5.41) is 10.7. The van der Waals surface area contributed by atoms with E-state index < -0.39 is 0 Å². The van der Waals surface area contributed by atoms with Gasteiger partial charge in [0.2, 0.25) is 5.91 Å². The van der Waals surface area contributed by atoms with Crippen molar-refractivity contribution in [2.24, 2.45) is 0 Å². The molecule has 1 amide bonds. The van der Waals surface area contributed by atoms with Crippen molar-refractivity contribution in [3.8, 4) is 11.8 Å². The molecule has 1 unspecified atom stereocenters. The summed E-state index contributed by atoms with van der Waals surface area (Å²) in [6, 6.07) is 18.3. The molecular formula is C22H21N3O2S. The summed E-state index contributed by atoms with van der Waals surface area (Å²) in [5.74, 6) is 1.18. The van der Waals surface area contributed by atoms with Gasteiger partial charge in [-0.2, -0.15) is 5.26 Å². The van der Waals surface area contributed by atoms with Crippen molar-refractivity contribution in [2.75, 3.05) is 24.6 Å². The normalized spacial score (nSPS) is 19.3. The van der Waals surface area contributed by atoms with Crippen molar-refractivity contribution in [2.45, 2.75) is 19.3 Å². The number of anilines is 1. The van der Waals surface area contributed by atoms with Crippen molar-refractivity contribution >= 4 is 23.4 Å². The Bertz CT molecular complexity index is 978. The zero-order chi connectivity index (χ0) is 19.7. The van der Waals surface area contributed by atoms with Crippen LogP contribution in [0.25, 0.3) is 0 Å². The van der Waals surface area contributed by atoms with E-state index in [1.54, 1.807) is 23.8 Å². The van der Waals surface area contributed by atoms with Gasteiger partial charge in [-0.15, -0.1) is 0 Å². The average molecular weight is 391 g/mol. The number of allylic oxidation sites excluding steroid dienone is 1. The second-order valence-corrected chi connectivity index (χ2v) is 7.87. The summed E-state index contributed by atoms with van der Waals surface area (Å²) in [4.78, 5) is 16.9. The highest BCUT2D eigenvalue weighted by atomic mass is 32.2. The van der Waals surface area contributed by atoms with Gasteiger partial charge in [0, 0.05) is 23.6 Å². The van der Waals surface area contributed by atoms with Crippen LogP contribution in [0, 0.1) is 18.3 Å². The first-order valence-corrected chi connectivity index (χ1v) is 10.1. The highest BCUT2D eigenvalue weighted by Gasteiger charge is 2.39. The number of benzene rings is 2. The number of hydrogen-bond donors (Lipinski definition) is 0. The van der Waals surface area contributed by atoms with Crippen LogP contribution in [0.15, 0.2) is 59.1 Å². The quantitative estimate of drug-likeness (QED) is 0.784. The summed E-state index contributed by atoms with van der Waals surface area (Å²) in [7, 11) is 1.61. The van der Waals surface area contributed by atoms with E-state index in [0.29, 0.717) is 23.9 Å². The van der Waals surface area contributed by atoms with Gasteiger partial charge in [-0.1, -0.05) is 47.7 Å². The minimum absolute atomic E-state index is 0.0363. The first kappa shape index (κ1) is 18.5. The van der Waals surface area contributed by atoms with E-state index >= 15 is 0 Å². The predicted octanol–water partition coefficient (Wildman–Crippen LogP) is 4.22. The molecule has 1 atom stereocenters. The number of nitriles is 1. The number of carbonyl (C=O) groups excluding carboxylic acids is 1. The summed E-state index contributed by atoms with van der Waals surface area (Å²) in [5.41, 5.74) is 3.83. The number of fused-ring (bicyclic) bond motifs is 1. The molecule has 28 heavy (non-hydrogen) atoms. The number of carbonyl (C=O) groups is 1. The Kier molecular flexibility index (Phi) is 5.01. The van der Waals surface area contributed by atoms with E-state index in [2.05, 4.69) is 42.2 Å². The number of ether oxygens (including phenoxy) is 1. The first-order chi connectivity index (χ1) is 13.6. The van der Waals surface area contributed by atoms with Crippen LogP contribution in [0.3, 0.4) is 0 Å². The molecule has 0 saturated carbocycles. The third-order valence-corrected chi connectivity index (χ3v) is 6.36. The number of rotatable bonds is 3. The van der Waals surface area contributed by atoms with Crippen LogP contribution < -0.4 is 9.64 Å². The molecule has 0 N–H and O–H groups in total. The number of methoxy groups -OCH3 is 1. The lowest BCUT2D eigenvalue weighted by atomic mass is 9.86. The van der Waals surface area contributed by atoms with Gasteiger partial charge in [0.1, 0.15) is 5.75 Å². The summed E-state index contributed by atoms with van der Waals surface area (Å²) >= 11 is 1.55. The standard InChI is InChI=1S/C22H21N3O2S/c1-15-7-9-16(10-8-15)24-13-25-21(26)11-18(19(12-23)22(25)28-14-24)17-5-3-4-6-20(17)27-2/h3-10,18H,11,13-14H2,1-2H3. The SMILES string of the molecule is COc1ccccc1C1CC(=O)N2CN(c3ccc(C)cc3)CSC2=C1C#N. The second kappa shape index (κ2) is 7.61. The van der Waals surface area contributed by atoms with Gasteiger partial charge < -0.3 is 9.64 Å². The monoisotopic (exact) mass is 391 g/mol. The minimum Gasteiger partial charge on any atom is -0.496 e. The van der Waals surface area contributed by atoms with Crippen LogP contribution in [0.5, 0.6) is 5.75 Å². The third-order valence-electron chi connectivity index (χ3n) is 5.21. The minimum atomic E-state index is -0.265. The molecule has 142 valence electrons. The molecule has 0 radical (unpaired) electrons. The first-order valence-electron chi connectivity index (χ1n) is 9.14. The maximum absolute atomic E-state index is 13.0. The largest absolute Gasteiger partial charge is 0.496 e. The molecular weight excluding hydrogens is 370 g/mol. The van der Waals surface area contributed by atoms with Gasteiger partial charge >= 0.3 is 0 Å². The molecule has 1 saturated heterocycles. The fourth-order valence-corrected chi connectivity index (χ4v) is 4.87. The summed E-state index contributed by atoms with van der Waals surface area (Å²) in [6.07, 6.45) is 0.273. The molecule has 0 bridgehead atoms. The third kappa shape index (κ3) is 3.23. The lowest BCUT2D eigenvalue weighted by molar-refractivity contribution is -0.129. The lowest BCUT2D eigenvalue weighted by Crippen LogP contribution is -2.47. The zero-order valence-electron chi connectivity index (χ0n) is 15.9. The molecule has 2 aromatic rings. The van der Waals surface area contributed by atoms with Crippen LogP contribution in [0.2, 0.25) is 0 Å². The lowest BCUT2D eigenvalue weighted by Gasteiger charge is -2.42. The molecule has 5 nitrogen and oxygen atoms in total. The van der Waals surface area contributed by atoms with E-state index in [-0.39, 0.29) is 18.2 Å². The number of nitrogens with zero attached hydrogens (tertiary/aromatic N) is 3.